The van der Waals surface area contributed by atoms with Crippen LogP contribution in [-0.2, 0) is 23.1 Å². The van der Waals surface area contributed by atoms with Crippen LogP contribution in [0, 0.1) is 0 Å². The molecule has 0 saturated heterocycles. The number of aromatic nitrogens is 3. The second-order valence-electron chi connectivity index (χ2n) is 4.38. The number of rotatable bonds is 7. The van der Waals surface area contributed by atoms with Gasteiger partial charge in [0.15, 0.2) is 5.82 Å². The summed E-state index contributed by atoms with van der Waals surface area (Å²) < 4.78 is 28.7. The molecule has 0 radical (unpaired) electrons. The smallest absolute Gasteiger partial charge is 0.242 e. The Morgan fingerprint density at radius 3 is 2.71 bits per heavy atom. The van der Waals surface area contributed by atoms with Crippen molar-refractivity contribution in [1.82, 2.24) is 19.5 Å². The van der Waals surface area contributed by atoms with E-state index in [4.69, 9.17) is 0 Å². The van der Waals surface area contributed by atoms with Gasteiger partial charge in [-0.15, -0.1) is 10.2 Å². The number of nitrogens with zero attached hydrogens (tertiary/aromatic N) is 3. The summed E-state index contributed by atoms with van der Waals surface area (Å²) in [5.41, 5.74) is 0.545. The van der Waals surface area contributed by atoms with Crippen molar-refractivity contribution in [1.29, 1.82) is 0 Å². The summed E-state index contributed by atoms with van der Waals surface area (Å²) in [6.07, 6.45) is 1.65. The van der Waals surface area contributed by atoms with E-state index in [9.17, 15) is 8.42 Å². The lowest BCUT2D eigenvalue weighted by Crippen LogP contribution is -2.24. The lowest BCUT2D eigenvalue weighted by Gasteiger charge is -2.12. The van der Waals surface area contributed by atoms with Gasteiger partial charge in [-0.1, -0.05) is 19.1 Å². The molecule has 0 unspecified atom stereocenters. The van der Waals surface area contributed by atoms with E-state index in [-0.39, 0.29) is 4.90 Å². The Bertz CT molecular complexity index is 696. The zero-order chi connectivity index (χ0) is 15.3. The van der Waals surface area contributed by atoms with Gasteiger partial charge >= 0.3 is 0 Å². The quantitative estimate of drug-likeness (QED) is 0.802. The van der Waals surface area contributed by atoms with Crippen molar-refractivity contribution in [2.24, 2.45) is 0 Å². The number of hydrogen-bond acceptors (Lipinski definition) is 5. The minimum absolute atomic E-state index is 0.231. The molecule has 2 N–H and O–H groups in total. The number of para-hydroxylation sites is 1. The molecule has 0 fully saturated rings. The van der Waals surface area contributed by atoms with Crippen LogP contribution in [0.3, 0.4) is 0 Å². The van der Waals surface area contributed by atoms with Gasteiger partial charge < -0.3 is 9.88 Å². The number of nitrogens with one attached hydrogen (secondary N) is 2. The molecule has 0 atom stereocenters. The van der Waals surface area contributed by atoms with Crippen molar-refractivity contribution in [3.8, 4) is 0 Å². The van der Waals surface area contributed by atoms with E-state index in [1.807, 2.05) is 11.5 Å². The Morgan fingerprint density at radius 2 is 2.00 bits per heavy atom. The molecule has 21 heavy (non-hydrogen) atoms. The molecule has 0 spiro atoms. The fourth-order valence-corrected chi connectivity index (χ4v) is 3.19. The van der Waals surface area contributed by atoms with Crippen LogP contribution >= 0.6 is 0 Å². The lowest BCUT2D eigenvalue weighted by molar-refractivity contribution is 0.584. The third kappa shape index (κ3) is 3.59. The molecule has 1 heterocycles. The Hall–Kier alpha value is -1.93. The molecule has 7 nitrogen and oxygen atoms in total. The molecule has 1 aromatic heterocycles. The maximum Gasteiger partial charge on any atom is 0.242 e. The van der Waals surface area contributed by atoms with E-state index in [1.54, 1.807) is 37.5 Å². The number of hydrogen-bond donors (Lipinski definition) is 2. The second-order valence-corrected chi connectivity index (χ2v) is 6.12. The van der Waals surface area contributed by atoms with Crippen LogP contribution in [0.4, 0.5) is 5.69 Å². The zero-order valence-electron chi connectivity index (χ0n) is 12.1. The molecular formula is C13H19N5O2S. The highest BCUT2D eigenvalue weighted by atomic mass is 32.2. The third-order valence-corrected chi connectivity index (χ3v) is 4.59. The summed E-state index contributed by atoms with van der Waals surface area (Å²) in [5.74, 6) is 0.758. The molecular weight excluding hydrogens is 290 g/mol. The Kier molecular flexibility index (Phi) is 4.92. The van der Waals surface area contributed by atoms with Crippen molar-refractivity contribution in [2.45, 2.75) is 31.8 Å². The summed E-state index contributed by atoms with van der Waals surface area (Å²) in [7, 11) is -3.50. The third-order valence-electron chi connectivity index (χ3n) is 2.98. The standard InChI is InChI=1S/C13H19N5O2S/c1-3-16-21(19,20)12-8-6-5-7-11(12)14-9-13-17-15-10-18(13)4-2/h5-8,10,14,16H,3-4,9H2,1-2H3. The highest BCUT2D eigenvalue weighted by Gasteiger charge is 2.17. The average Bonchev–Trinajstić information content (AvgIpc) is 2.93. The summed E-state index contributed by atoms with van der Waals surface area (Å²) in [6, 6.07) is 6.80. The van der Waals surface area contributed by atoms with Crippen molar-refractivity contribution < 1.29 is 8.42 Å². The molecule has 1 aromatic carbocycles. The minimum Gasteiger partial charge on any atom is -0.377 e. The first kappa shape index (κ1) is 15.5. The molecule has 8 heteroatoms. The molecule has 114 valence electrons. The van der Waals surface area contributed by atoms with Crippen LogP contribution in [0.1, 0.15) is 19.7 Å². The first-order valence-corrected chi connectivity index (χ1v) is 8.26. The van der Waals surface area contributed by atoms with Gasteiger partial charge in [-0.25, -0.2) is 13.1 Å². The van der Waals surface area contributed by atoms with E-state index in [1.165, 1.54) is 0 Å². The largest absolute Gasteiger partial charge is 0.377 e. The van der Waals surface area contributed by atoms with E-state index in [0.29, 0.717) is 18.8 Å². The first-order valence-electron chi connectivity index (χ1n) is 6.77. The maximum atomic E-state index is 12.2. The van der Waals surface area contributed by atoms with Crippen molar-refractivity contribution in [3.05, 3.63) is 36.4 Å². The minimum atomic E-state index is -3.50. The predicted molar refractivity (Wildman–Crippen MR) is 80.3 cm³/mol. The predicted octanol–water partition coefficient (Wildman–Crippen LogP) is 1.21. The highest BCUT2D eigenvalue weighted by molar-refractivity contribution is 7.89. The van der Waals surface area contributed by atoms with Gasteiger partial charge in [0.2, 0.25) is 10.0 Å². The van der Waals surface area contributed by atoms with E-state index < -0.39 is 10.0 Å². The molecule has 0 aliphatic rings. The van der Waals surface area contributed by atoms with Gasteiger partial charge in [0.25, 0.3) is 0 Å². The fourth-order valence-electron chi connectivity index (χ4n) is 1.97. The topological polar surface area (TPSA) is 88.9 Å². The van der Waals surface area contributed by atoms with Crippen molar-refractivity contribution in [2.75, 3.05) is 11.9 Å². The van der Waals surface area contributed by atoms with E-state index in [2.05, 4.69) is 20.2 Å². The Morgan fingerprint density at radius 1 is 1.24 bits per heavy atom. The Balaban J connectivity index is 2.21. The van der Waals surface area contributed by atoms with Gasteiger partial charge in [0, 0.05) is 13.1 Å². The fraction of sp³-hybridized carbons (Fsp3) is 0.385. The SMILES string of the molecule is CCNS(=O)(=O)c1ccccc1NCc1nncn1CC. The highest BCUT2D eigenvalue weighted by Crippen LogP contribution is 2.21. The van der Waals surface area contributed by atoms with E-state index in [0.717, 1.165) is 12.4 Å². The summed E-state index contributed by atoms with van der Waals surface area (Å²) in [4.78, 5) is 0.231. The maximum absolute atomic E-state index is 12.2. The normalized spacial score (nSPS) is 11.5. The van der Waals surface area contributed by atoms with Crippen LogP contribution in [0.15, 0.2) is 35.5 Å². The monoisotopic (exact) mass is 309 g/mol. The molecule has 0 aliphatic heterocycles. The van der Waals surface area contributed by atoms with Crippen LogP contribution in [0.5, 0.6) is 0 Å². The number of aryl methyl sites for hydroxylation is 1. The summed E-state index contributed by atoms with van der Waals surface area (Å²) in [5, 5.41) is 11.0. The van der Waals surface area contributed by atoms with Crippen LogP contribution < -0.4 is 10.0 Å². The molecule has 0 aliphatic carbocycles. The first-order chi connectivity index (χ1) is 10.1. The lowest BCUT2D eigenvalue weighted by atomic mass is 10.3. The molecule has 2 aromatic rings. The van der Waals surface area contributed by atoms with Crippen LogP contribution in [0.2, 0.25) is 0 Å². The molecule has 0 saturated carbocycles. The van der Waals surface area contributed by atoms with Gasteiger partial charge in [-0.2, -0.15) is 0 Å². The second kappa shape index (κ2) is 6.68. The number of benzene rings is 1. The number of sulfonamides is 1. The average molecular weight is 309 g/mol. The van der Waals surface area contributed by atoms with Gasteiger partial charge in [-0.3, -0.25) is 0 Å². The number of anilines is 1. The van der Waals surface area contributed by atoms with Crippen LogP contribution in [0.25, 0.3) is 0 Å². The van der Waals surface area contributed by atoms with Gasteiger partial charge in [-0.05, 0) is 19.1 Å². The molecule has 2 rings (SSSR count). The summed E-state index contributed by atoms with van der Waals surface area (Å²) in [6.45, 7) is 5.27. The molecule has 0 amide bonds. The van der Waals surface area contributed by atoms with Crippen molar-refractivity contribution >= 4 is 15.7 Å². The van der Waals surface area contributed by atoms with Gasteiger partial charge in [0.1, 0.15) is 11.2 Å². The zero-order valence-corrected chi connectivity index (χ0v) is 12.9. The van der Waals surface area contributed by atoms with Crippen molar-refractivity contribution in [3.63, 3.8) is 0 Å². The summed E-state index contributed by atoms with van der Waals surface area (Å²) >= 11 is 0. The van der Waals surface area contributed by atoms with Crippen LogP contribution in [-0.4, -0.2) is 29.7 Å². The Labute approximate surface area is 124 Å². The molecule has 0 bridgehead atoms. The van der Waals surface area contributed by atoms with E-state index >= 15 is 0 Å². The van der Waals surface area contributed by atoms with Gasteiger partial charge in [0.05, 0.1) is 12.2 Å².